The molecule has 0 atom stereocenters. The summed E-state index contributed by atoms with van der Waals surface area (Å²) < 4.78 is 26.4. The summed E-state index contributed by atoms with van der Waals surface area (Å²) in [6.45, 7) is 0. The zero-order valence-electron chi connectivity index (χ0n) is 14.5. The fourth-order valence-corrected chi connectivity index (χ4v) is 6.59. The molecular weight excluding hydrogens is 414 g/mol. The Balaban J connectivity index is 1.86. The van der Waals surface area contributed by atoms with Crippen molar-refractivity contribution in [3.05, 3.63) is 76.5 Å². The van der Waals surface area contributed by atoms with Crippen molar-refractivity contribution in [2.24, 2.45) is 0 Å². The number of hydrogen-bond donors (Lipinski definition) is 2. The van der Waals surface area contributed by atoms with Crippen LogP contribution in [0.3, 0.4) is 0 Å². The molecule has 4 rings (SSSR count). The zero-order valence-corrected chi connectivity index (χ0v) is 16.9. The Labute approximate surface area is 169 Å². The highest BCUT2D eigenvalue weighted by atomic mass is 32.2. The highest BCUT2D eigenvalue weighted by Gasteiger charge is 2.21. The molecule has 2 aromatic carbocycles. The monoisotopic (exact) mass is 429 g/mol. The van der Waals surface area contributed by atoms with Gasteiger partial charge in [-0.2, -0.15) is 0 Å². The summed E-state index contributed by atoms with van der Waals surface area (Å²) in [7, 11) is -3.43. The molecule has 0 saturated heterocycles. The highest BCUT2D eigenvalue weighted by molar-refractivity contribution is 7.92. The molecule has 2 aromatic heterocycles. The minimum Gasteiger partial charge on any atom is -0.288 e. The third-order valence-electron chi connectivity index (χ3n) is 4.28. The van der Waals surface area contributed by atoms with Crippen molar-refractivity contribution in [2.45, 2.75) is 9.96 Å². The number of hydrogen-bond acceptors (Lipinski definition) is 6. The second-order valence-corrected chi connectivity index (χ2v) is 10.4. The number of rotatable bonds is 5. The molecule has 0 unspecified atom stereocenters. The molecule has 28 heavy (non-hydrogen) atoms. The SMILES string of the molecule is O=C(NO)c1sc2ccc(CS(=O)(=O)c3cccs3)cc2c1-c1ccccc1. The van der Waals surface area contributed by atoms with Crippen molar-refractivity contribution in [3.8, 4) is 11.1 Å². The van der Waals surface area contributed by atoms with Gasteiger partial charge in [-0.15, -0.1) is 22.7 Å². The van der Waals surface area contributed by atoms with E-state index in [2.05, 4.69) is 0 Å². The van der Waals surface area contributed by atoms with Crippen molar-refractivity contribution in [1.29, 1.82) is 0 Å². The number of hydroxylamine groups is 1. The van der Waals surface area contributed by atoms with Crippen molar-refractivity contribution >= 4 is 48.5 Å². The summed E-state index contributed by atoms with van der Waals surface area (Å²) in [5, 5.41) is 11.7. The van der Waals surface area contributed by atoms with Crippen LogP contribution in [0.5, 0.6) is 0 Å². The summed E-state index contributed by atoms with van der Waals surface area (Å²) in [5.41, 5.74) is 3.85. The molecular formula is C20H15NO4S3. The summed E-state index contributed by atoms with van der Waals surface area (Å²) >= 11 is 2.45. The molecule has 4 aromatic rings. The van der Waals surface area contributed by atoms with E-state index < -0.39 is 15.7 Å². The number of nitrogens with one attached hydrogen (secondary N) is 1. The van der Waals surface area contributed by atoms with Crippen LogP contribution in [-0.2, 0) is 15.6 Å². The predicted molar refractivity (Wildman–Crippen MR) is 112 cm³/mol. The average molecular weight is 430 g/mol. The lowest BCUT2D eigenvalue weighted by molar-refractivity contribution is 0.0711. The highest BCUT2D eigenvalue weighted by Crippen LogP contribution is 2.39. The number of thiophene rings is 2. The van der Waals surface area contributed by atoms with Crippen LogP contribution < -0.4 is 5.48 Å². The van der Waals surface area contributed by atoms with Crippen LogP contribution in [-0.4, -0.2) is 19.5 Å². The Hall–Kier alpha value is -2.52. The van der Waals surface area contributed by atoms with Gasteiger partial charge in [-0.25, -0.2) is 13.9 Å². The van der Waals surface area contributed by atoms with Crippen molar-refractivity contribution < 1.29 is 18.4 Å². The molecule has 0 fully saturated rings. The second-order valence-electron chi connectivity index (χ2n) is 6.13. The van der Waals surface area contributed by atoms with Gasteiger partial charge in [0, 0.05) is 15.6 Å². The van der Waals surface area contributed by atoms with Crippen molar-refractivity contribution in [3.63, 3.8) is 0 Å². The summed E-state index contributed by atoms with van der Waals surface area (Å²) in [6, 6.07) is 18.1. The maximum Gasteiger partial charge on any atom is 0.285 e. The van der Waals surface area contributed by atoms with E-state index in [-0.39, 0.29) is 5.75 Å². The molecule has 0 bridgehead atoms. The maximum absolute atomic E-state index is 12.6. The Morgan fingerprint density at radius 3 is 2.50 bits per heavy atom. The van der Waals surface area contributed by atoms with E-state index in [1.54, 1.807) is 29.1 Å². The third kappa shape index (κ3) is 3.47. The first-order chi connectivity index (χ1) is 13.5. The average Bonchev–Trinajstić information content (AvgIpc) is 3.36. The standard InChI is InChI=1S/C20H15NO4S3/c22-20(21-23)19-18(14-5-2-1-3-6-14)15-11-13(8-9-16(15)27-19)12-28(24,25)17-7-4-10-26-17/h1-11,23H,12H2,(H,21,22). The molecule has 0 aliphatic heterocycles. The normalized spacial score (nSPS) is 11.6. The maximum atomic E-state index is 12.6. The molecule has 0 aliphatic carbocycles. The molecule has 0 aliphatic rings. The Kier molecular flexibility index (Phi) is 5.03. The molecule has 142 valence electrons. The van der Waals surface area contributed by atoms with Crippen LogP contribution in [0.25, 0.3) is 21.2 Å². The Morgan fingerprint density at radius 2 is 1.82 bits per heavy atom. The minimum atomic E-state index is -3.43. The number of amides is 1. The second kappa shape index (κ2) is 7.48. The van der Waals surface area contributed by atoms with Crippen LogP contribution in [0.4, 0.5) is 0 Å². The number of sulfone groups is 1. The molecule has 0 spiro atoms. The lowest BCUT2D eigenvalue weighted by Crippen LogP contribution is -2.17. The molecule has 2 N–H and O–H groups in total. The molecule has 5 nitrogen and oxygen atoms in total. The van der Waals surface area contributed by atoms with Gasteiger partial charge in [-0.1, -0.05) is 42.5 Å². The number of carbonyl (C=O) groups excluding carboxylic acids is 1. The van der Waals surface area contributed by atoms with Gasteiger partial charge in [-0.05, 0) is 34.7 Å². The predicted octanol–water partition coefficient (Wildman–Crippen LogP) is 4.72. The van der Waals surface area contributed by atoms with Gasteiger partial charge in [-0.3, -0.25) is 10.0 Å². The first-order valence-corrected chi connectivity index (χ1v) is 11.7. The van der Waals surface area contributed by atoms with Crippen LogP contribution in [0, 0.1) is 0 Å². The molecule has 2 heterocycles. The van der Waals surface area contributed by atoms with E-state index in [0.717, 1.165) is 15.6 Å². The van der Waals surface area contributed by atoms with Gasteiger partial charge in [0.2, 0.25) is 0 Å². The van der Waals surface area contributed by atoms with Crippen LogP contribution in [0.1, 0.15) is 15.2 Å². The lowest BCUT2D eigenvalue weighted by Gasteiger charge is -2.06. The van der Waals surface area contributed by atoms with Crippen LogP contribution >= 0.6 is 22.7 Å². The molecule has 1 amide bonds. The van der Waals surface area contributed by atoms with Crippen molar-refractivity contribution in [1.82, 2.24) is 5.48 Å². The van der Waals surface area contributed by atoms with Crippen LogP contribution in [0.2, 0.25) is 0 Å². The van der Waals surface area contributed by atoms with E-state index in [1.807, 2.05) is 42.5 Å². The fraction of sp³-hybridized carbons (Fsp3) is 0.0500. The van der Waals surface area contributed by atoms with E-state index in [4.69, 9.17) is 5.21 Å². The molecule has 0 radical (unpaired) electrons. The van der Waals surface area contributed by atoms with Crippen molar-refractivity contribution in [2.75, 3.05) is 0 Å². The van der Waals surface area contributed by atoms with Gasteiger partial charge in [0.1, 0.15) is 9.09 Å². The summed E-state index contributed by atoms with van der Waals surface area (Å²) in [4.78, 5) is 12.6. The van der Waals surface area contributed by atoms with E-state index in [9.17, 15) is 13.2 Å². The minimum absolute atomic E-state index is 0.116. The summed E-state index contributed by atoms with van der Waals surface area (Å²) in [6.07, 6.45) is 0. The van der Waals surface area contributed by atoms with E-state index in [0.29, 0.717) is 20.2 Å². The Bertz CT molecular complexity index is 1240. The third-order valence-corrected chi connectivity index (χ3v) is 8.63. The van der Waals surface area contributed by atoms with Gasteiger partial charge < -0.3 is 0 Å². The Morgan fingerprint density at radius 1 is 1.04 bits per heavy atom. The molecule has 8 heteroatoms. The summed E-state index contributed by atoms with van der Waals surface area (Å²) in [5.74, 6) is -0.706. The fourth-order valence-electron chi connectivity index (χ4n) is 3.07. The van der Waals surface area contributed by atoms with Gasteiger partial charge >= 0.3 is 0 Å². The first kappa shape index (κ1) is 18.8. The van der Waals surface area contributed by atoms with E-state index in [1.165, 1.54) is 22.7 Å². The molecule has 0 saturated carbocycles. The van der Waals surface area contributed by atoms with E-state index >= 15 is 0 Å². The quantitative estimate of drug-likeness (QED) is 0.355. The van der Waals surface area contributed by atoms with Gasteiger partial charge in [0.05, 0.1) is 5.75 Å². The lowest BCUT2D eigenvalue weighted by atomic mass is 10.0. The topological polar surface area (TPSA) is 83.5 Å². The number of carbonyl (C=O) groups is 1. The largest absolute Gasteiger partial charge is 0.288 e. The zero-order chi connectivity index (χ0) is 19.7. The van der Waals surface area contributed by atoms with Gasteiger partial charge in [0.25, 0.3) is 5.91 Å². The number of fused-ring (bicyclic) bond motifs is 1. The first-order valence-electron chi connectivity index (χ1n) is 8.31. The van der Waals surface area contributed by atoms with Gasteiger partial charge in [0.15, 0.2) is 9.84 Å². The number of benzene rings is 2. The van der Waals surface area contributed by atoms with Crippen LogP contribution in [0.15, 0.2) is 70.3 Å². The smallest absolute Gasteiger partial charge is 0.285 e.